The fraction of sp³-hybridized carbons (Fsp3) is 0. The lowest BCUT2D eigenvalue weighted by molar-refractivity contribution is 0.601. The average Bonchev–Trinajstić information content (AvgIpc) is 2.41. The van der Waals surface area contributed by atoms with Crippen molar-refractivity contribution in [3.8, 4) is 6.07 Å². The molecule has 0 radical (unpaired) electrons. The molecule has 1 aromatic carbocycles. The van der Waals surface area contributed by atoms with Gasteiger partial charge < -0.3 is 0 Å². The predicted molar refractivity (Wildman–Crippen MR) is 71.2 cm³/mol. The Morgan fingerprint density at radius 3 is 2.37 bits per heavy atom. The maximum absolute atomic E-state index is 12.0. The van der Waals surface area contributed by atoms with E-state index < -0.39 is 10.0 Å². The number of sulfonamides is 1. The van der Waals surface area contributed by atoms with Gasteiger partial charge in [-0.05, 0) is 36.4 Å². The Morgan fingerprint density at radius 1 is 1.16 bits per heavy atom. The van der Waals surface area contributed by atoms with Gasteiger partial charge in [-0.1, -0.05) is 11.6 Å². The van der Waals surface area contributed by atoms with Crippen LogP contribution >= 0.6 is 11.6 Å². The van der Waals surface area contributed by atoms with Crippen molar-refractivity contribution in [3.05, 3.63) is 53.3 Å². The van der Waals surface area contributed by atoms with Crippen molar-refractivity contribution >= 4 is 27.3 Å². The van der Waals surface area contributed by atoms with Crippen molar-refractivity contribution in [2.24, 2.45) is 0 Å². The van der Waals surface area contributed by atoms with Gasteiger partial charge >= 0.3 is 0 Å². The lowest BCUT2D eigenvalue weighted by Crippen LogP contribution is -2.12. The molecule has 96 valence electrons. The van der Waals surface area contributed by atoms with E-state index in [0.717, 1.165) is 0 Å². The molecular formula is C12H8ClN3O2S. The standard InChI is InChI=1S/C12H8ClN3O2S/c13-12-6-3-10(8-15-12)16-19(17,18)11-4-1-9(7-14)2-5-11/h1-6,8,16H. The third-order valence-electron chi connectivity index (χ3n) is 2.27. The lowest BCUT2D eigenvalue weighted by atomic mass is 10.2. The first kappa shape index (κ1) is 13.3. The smallest absolute Gasteiger partial charge is 0.261 e. The zero-order valence-electron chi connectivity index (χ0n) is 9.54. The maximum Gasteiger partial charge on any atom is 0.261 e. The molecule has 1 N–H and O–H groups in total. The van der Waals surface area contributed by atoms with Crippen molar-refractivity contribution in [3.63, 3.8) is 0 Å². The van der Waals surface area contributed by atoms with E-state index in [0.29, 0.717) is 11.3 Å². The Hall–Kier alpha value is -2.10. The van der Waals surface area contributed by atoms with Crippen molar-refractivity contribution in [1.82, 2.24) is 4.98 Å². The summed E-state index contributed by atoms with van der Waals surface area (Å²) >= 11 is 5.61. The molecule has 0 aliphatic heterocycles. The number of halogens is 1. The second-order valence-corrected chi connectivity index (χ2v) is 5.68. The summed E-state index contributed by atoms with van der Waals surface area (Å²) in [5.41, 5.74) is 0.709. The predicted octanol–water partition coefficient (Wildman–Crippen LogP) is 2.41. The van der Waals surface area contributed by atoms with E-state index in [1.165, 1.54) is 42.6 Å². The monoisotopic (exact) mass is 293 g/mol. The van der Waals surface area contributed by atoms with Crippen molar-refractivity contribution in [1.29, 1.82) is 5.26 Å². The SMILES string of the molecule is N#Cc1ccc(S(=O)(=O)Nc2ccc(Cl)nc2)cc1. The summed E-state index contributed by atoms with van der Waals surface area (Å²) in [7, 11) is -3.69. The minimum atomic E-state index is -3.69. The Labute approximate surface area is 115 Å². The molecule has 0 amide bonds. The highest BCUT2D eigenvalue weighted by Crippen LogP contribution is 2.16. The molecule has 0 saturated heterocycles. The van der Waals surface area contributed by atoms with Crippen LogP contribution in [0.4, 0.5) is 5.69 Å². The van der Waals surface area contributed by atoms with Gasteiger partial charge in [0, 0.05) is 0 Å². The number of nitriles is 1. The van der Waals surface area contributed by atoms with Gasteiger partial charge in [-0.15, -0.1) is 0 Å². The molecule has 0 fully saturated rings. The number of hydrogen-bond acceptors (Lipinski definition) is 4. The first-order valence-electron chi connectivity index (χ1n) is 5.16. The molecule has 0 saturated carbocycles. The van der Waals surface area contributed by atoms with Crippen LogP contribution in [-0.4, -0.2) is 13.4 Å². The number of nitrogens with zero attached hydrogens (tertiary/aromatic N) is 2. The Balaban J connectivity index is 2.27. The summed E-state index contributed by atoms with van der Waals surface area (Å²) in [6.45, 7) is 0. The topological polar surface area (TPSA) is 82.8 Å². The molecule has 5 nitrogen and oxygen atoms in total. The zero-order chi connectivity index (χ0) is 13.9. The molecule has 19 heavy (non-hydrogen) atoms. The highest BCUT2D eigenvalue weighted by atomic mass is 35.5. The number of pyridine rings is 1. The van der Waals surface area contributed by atoms with E-state index in [2.05, 4.69) is 9.71 Å². The molecule has 1 aromatic heterocycles. The van der Waals surface area contributed by atoms with Crippen LogP contribution in [0.15, 0.2) is 47.5 Å². The van der Waals surface area contributed by atoms with E-state index in [-0.39, 0.29) is 10.0 Å². The quantitative estimate of drug-likeness (QED) is 0.881. The molecular weight excluding hydrogens is 286 g/mol. The number of aromatic nitrogens is 1. The first-order chi connectivity index (χ1) is 9.01. The molecule has 2 aromatic rings. The normalized spacial score (nSPS) is 10.7. The Morgan fingerprint density at radius 2 is 1.84 bits per heavy atom. The summed E-state index contributed by atoms with van der Waals surface area (Å²) < 4.78 is 26.4. The van der Waals surface area contributed by atoms with E-state index in [4.69, 9.17) is 16.9 Å². The molecule has 7 heteroatoms. The van der Waals surface area contributed by atoms with Gasteiger partial charge in [-0.3, -0.25) is 4.72 Å². The Kier molecular flexibility index (Phi) is 3.69. The molecule has 0 atom stereocenters. The molecule has 2 rings (SSSR count). The van der Waals surface area contributed by atoms with Gasteiger partial charge in [0.05, 0.1) is 28.4 Å². The van der Waals surface area contributed by atoms with Gasteiger partial charge in [0.25, 0.3) is 10.0 Å². The molecule has 0 spiro atoms. The van der Waals surface area contributed by atoms with Crippen LogP contribution in [0.5, 0.6) is 0 Å². The number of rotatable bonds is 3. The van der Waals surface area contributed by atoms with Crippen LogP contribution < -0.4 is 4.72 Å². The van der Waals surface area contributed by atoms with Gasteiger partial charge in [0.2, 0.25) is 0 Å². The highest BCUT2D eigenvalue weighted by Gasteiger charge is 2.14. The third kappa shape index (κ3) is 3.22. The van der Waals surface area contributed by atoms with E-state index >= 15 is 0 Å². The number of benzene rings is 1. The highest BCUT2D eigenvalue weighted by molar-refractivity contribution is 7.92. The van der Waals surface area contributed by atoms with Crippen LogP contribution in [0.2, 0.25) is 5.15 Å². The summed E-state index contributed by atoms with van der Waals surface area (Å²) in [6, 6.07) is 10.5. The summed E-state index contributed by atoms with van der Waals surface area (Å²) in [5.74, 6) is 0. The maximum atomic E-state index is 12.0. The third-order valence-corrected chi connectivity index (χ3v) is 3.89. The van der Waals surface area contributed by atoms with Crippen molar-refractivity contribution in [2.75, 3.05) is 4.72 Å². The summed E-state index contributed by atoms with van der Waals surface area (Å²) in [5, 5.41) is 8.94. The summed E-state index contributed by atoms with van der Waals surface area (Å²) in [4.78, 5) is 3.85. The fourth-order valence-electron chi connectivity index (χ4n) is 1.36. The molecule has 1 heterocycles. The lowest BCUT2D eigenvalue weighted by Gasteiger charge is -2.07. The van der Waals surface area contributed by atoms with Gasteiger partial charge in [-0.25, -0.2) is 13.4 Å². The number of anilines is 1. The first-order valence-corrected chi connectivity index (χ1v) is 7.02. The van der Waals surface area contributed by atoms with Crippen LogP contribution in [0, 0.1) is 11.3 Å². The van der Waals surface area contributed by atoms with Crippen LogP contribution in [0.1, 0.15) is 5.56 Å². The van der Waals surface area contributed by atoms with E-state index in [1.54, 1.807) is 0 Å². The molecule has 0 bridgehead atoms. The van der Waals surface area contributed by atoms with Crippen LogP contribution in [0.25, 0.3) is 0 Å². The van der Waals surface area contributed by atoms with Gasteiger partial charge in [-0.2, -0.15) is 5.26 Å². The van der Waals surface area contributed by atoms with E-state index in [9.17, 15) is 8.42 Å². The minimum Gasteiger partial charge on any atom is -0.278 e. The van der Waals surface area contributed by atoms with Crippen molar-refractivity contribution in [2.45, 2.75) is 4.90 Å². The number of nitrogens with one attached hydrogen (secondary N) is 1. The second kappa shape index (κ2) is 5.26. The second-order valence-electron chi connectivity index (χ2n) is 3.61. The fourth-order valence-corrected chi connectivity index (χ4v) is 2.51. The molecule has 0 aliphatic rings. The van der Waals surface area contributed by atoms with Crippen LogP contribution in [-0.2, 0) is 10.0 Å². The summed E-state index contributed by atoms with van der Waals surface area (Å²) in [6.07, 6.45) is 1.32. The van der Waals surface area contributed by atoms with Crippen LogP contribution in [0.3, 0.4) is 0 Å². The van der Waals surface area contributed by atoms with Gasteiger partial charge in [0.1, 0.15) is 5.15 Å². The van der Waals surface area contributed by atoms with Gasteiger partial charge in [0.15, 0.2) is 0 Å². The van der Waals surface area contributed by atoms with E-state index in [1.807, 2.05) is 6.07 Å². The molecule has 0 aliphatic carbocycles. The average molecular weight is 294 g/mol. The number of hydrogen-bond donors (Lipinski definition) is 1. The minimum absolute atomic E-state index is 0.0708. The molecule has 0 unspecified atom stereocenters. The van der Waals surface area contributed by atoms with Crippen molar-refractivity contribution < 1.29 is 8.42 Å². The largest absolute Gasteiger partial charge is 0.278 e. The zero-order valence-corrected chi connectivity index (χ0v) is 11.1. The Bertz CT molecular complexity index is 719.